The molecule has 0 saturated heterocycles. The summed E-state index contributed by atoms with van der Waals surface area (Å²) in [5.74, 6) is 1.01. The fourth-order valence-corrected chi connectivity index (χ4v) is 2.33. The second kappa shape index (κ2) is 8.60. The van der Waals surface area contributed by atoms with Crippen molar-refractivity contribution in [3.05, 3.63) is 42.5 Å². The summed E-state index contributed by atoms with van der Waals surface area (Å²) >= 11 is 0. The van der Waals surface area contributed by atoms with E-state index < -0.39 is 0 Å². The van der Waals surface area contributed by atoms with E-state index in [1.165, 1.54) is 30.0 Å². The van der Waals surface area contributed by atoms with Crippen molar-refractivity contribution in [1.82, 2.24) is 5.32 Å². The van der Waals surface area contributed by atoms with Gasteiger partial charge in [0.15, 0.2) is 0 Å². The van der Waals surface area contributed by atoms with Gasteiger partial charge in [-0.3, -0.25) is 0 Å². The molecule has 2 aromatic carbocycles. The topological polar surface area (TPSA) is 21.3 Å². The number of rotatable bonds is 9. The van der Waals surface area contributed by atoms with Crippen LogP contribution in [0.2, 0.25) is 0 Å². The molecule has 1 N–H and O–H groups in total. The first kappa shape index (κ1) is 14.9. The maximum Gasteiger partial charge on any atom is 0.127 e. The Labute approximate surface area is 122 Å². The van der Waals surface area contributed by atoms with Crippen LogP contribution in [-0.4, -0.2) is 19.7 Å². The Morgan fingerprint density at radius 2 is 1.75 bits per heavy atom. The molecule has 0 aliphatic rings. The van der Waals surface area contributed by atoms with Crippen molar-refractivity contribution in [3.63, 3.8) is 0 Å². The SMILES string of the molecule is CCCNCCCCCOc1cccc2ccccc12. The van der Waals surface area contributed by atoms with Crippen molar-refractivity contribution in [2.24, 2.45) is 0 Å². The Bertz CT molecular complexity index is 504. The summed E-state index contributed by atoms with van der Waals surface area (Å²) in [6.45, 7) is 5.27. The predicted octanol–water partition coefficient (Wildman–Crippen LogP) is 4.39. The molecule has 0 aliphatic carbocycles. The second-order valence-corrected chi connectivity index (χ2v) is 5.14. The van der Waals surface area contributed by atoms with Gasteiger partial charge in [-0.25, -0.2) is 0 Å². The third-order valence-electron chi connectivity index (χ3n) is 3.43. The highest BCUT2D eigenvalue weighted by molar-refractivity contribution is 5.88. The average molecular weight is 271 g/mol. The minimum atomic E-state index is 0.807. The summed E-state index contributed by atoms with van der Waals surface area (Å²) in [6.07, 6.45) is 4.79. The first-order valence-electron chi connectivity index (χ1n) is 7.73. The number of ether oxygens (including phenoxy) is 1. The van der Waals surface area contributed by atoms with E-state index in [0.29, 0.717) is 0 Å². The van der Waals surface area contributed by atoms with Crippen LogP contribution in [0.25, 0.3) is 10.8 Å². The Balaban J connectivity index is 1.71. The van der Waals surface area contributed by atoms with Gasteiger partial charge in [0.25, 0.3) is 0 Å². The van der Waals surface area contributed by atoms with Gasteiger partial charge in [0.1, 0.15) is 5.75 Å². The van der Waals surface area contributed by atoms with Gasteiger partial charge >= 0.3 is 0 Å². The van der Waals surface area contributed by atoms with Crippen LogP contribution in [0.5, 0.6) is 5.75 Å². The highest BCUT2D eigenvalue weighted by atomic mass is 16.5. The van der Waals surface area contributed by atoms with Crippen molar-refractivity contribution in [1.29, 1.82) is 0 Å². The van der Waals surface area contributed by atoms with Gasteiger partial charge in [-0.1, -0.05) is 43.3 Å². The van der Waals surface area contributed by atoms with Crippen LogP contribution in [0, 0.1) is 0 Å². The summed E-state index contributed by atoms with van der Waals surface area (Å²) in [5.41, 5.74) is 0. The Hall–Kier alpha value is -1.54. The normalized spacial score (nSPS) is 10.8. The summed E-state index contributed by atoms with van der Waals surface area (Å²) in [5, 5.41) is 5.88. The number of benzene rings is 2. The molecule has 2 nitrogen and oxygen atoms in total. The standard InChI is InChI=1S/C18H25NO/c1-2-13-19-14-6-3-7-15-20-18-12-8-10-16-9-4-5-11-17(16)18/h4-5,8-12,19H,2-3,6-7,13-15H2,1H3. The van der Waals surface area contributed by atoms with Gasteiger partial charge in [0.2, 0.25) is 0 Å². The first-order chi connectivity index (χ1) is 9.92. The quantitative estimate of drug-likeness (QED) is 0.683. The smallest absolute Gasteiger partial charge is 0.127 e. The summed E-state index contributed by atoms with van der Waals surface area (Å²) < 4.78 is 5.93. The van der Waals surface area contributed by atoms with Gasteiger partial charge < -0.3 is 10.1 Å². The van der Waals surface area contributed by atoms with Crippen LogP contribution in [0.15, 0.2) is 42.5 Å². The molecule has 0 fully saturated rings. The molecule has 0 atom stereocenters. The maximum atomic E-state index is 5.93. The molecule has 20 heavy (non-hydrogen) atoms. The number of hydrogen-bond acceptors (Lipinski definition) is 2. The molecule has 2 heteroatoms. The van der Waals surface area contributed by atoms with E-state index in [4.69, 9.17) is 4.74 Å². The van der Waals surface area contributed by atoms with Crippen LogP contribution in [0.1, 0.15) is 32.6 Å². The molecular weight excluding hydrogens is 246 g/mol. The molecule has 0 saturated carbocycles. The third-order valence-corrected chi connectivity index (χ3v) is 3.43. The van der Waals surface area contributed by atoms with E-state index in [2.05, 4.69) is 54.7 Å². The average Bonchev–Trinajstić information content (AvgIpc) is 2.50. The minimum absolute atomic E-state index is 0.807. The summed E-state index contributed by atoms with van der Waals surface area (Å²) in [7, 11) is 0. The van der Waals surface area contributed by atoms with Gasteiger partial charge in [0.05, 0.1) is 6.61 Å². The summed E-state index contributed by atoms with van der Waals surface area (Å²) in [6, 6.07) is 14.6. The zero-order chi connectivity index (χ0) is 14.0. The van der Waals surface area contributed by atoms with Crippen molar-refractivity contribution >= 4 is 10.8 Å². The molecule has 108 valence electrons. The highest BCUT2D eigenvalue weighted by Crippen LogP contribution is 2.25. The van der Waals surface area contributed by atoms with Crippen LogP contribution < -0.4 is 10.1 Å². The van der Waals surface area contributed by atoms with Gasteiger partial charge in [0, 0.05) is 5.39 Å². The molecule has 2 rings (SSSR count). The molecule has 0 aliphatic heterocycles. The lowest BCUT2D eigenvalue weighted by atomic mass is 10.1. The molecule has 0 radical (unpaired) electrons. The number of hydrogen-bond donors (Lipinski definition) is 1. The van der Waals surface area contributed by atoms with E-state index in [1.807, 2.05) is 0 Å². The van der Waals surface area contributed by atoms with E-state index >= 15 is 0 Å². The lowest BCUT2D eigenvalue weighted by Crippen LogP contribution is -2.15. The van der Waals surface area contributed by atoms with Crippen LogP contribution in [0.3, 0.4) is 0 Å². The lowest BCUT2D eigenvalue weighted by molar-refractivity contribution is 0.308. The van der Waals surface area contributed by atoms with Crippen molar-refractivity contribution < 1.29 is 4.74 Å². The van der Waals surface area contributed by atoms with Crippen molar-refractivity contribution in [2.75, 3.05) is 19.7 Å². The zero-order valence-electron chi connectivity index (χ0n) is 12.4. The van der Waals surface area contributed by atoms with Gasteiger partial charge in [-0.15, -0.1) is 0 Å². The molecule has 2 aromatic rings. The molecule has 0 heterocycles. The predicted molar refractivity (Wildman–Crippen MR) is 86.5 cm³/mol. The highest BCUT2D eigenvalue weighted by Gasteiger charge is 2.00. The Morgan fingerprint density at radius 3 is 2.65 bits per heavy atom. The maximum absolute atomic E-state index is 5.93. The number of unbranched alkanes of at least 4 members (excludes halogenated alkanes) is 2. The van der Waals surface area contributed by atoms with E-state index in [9.17, 15) is 0 Å². The van der Waals surface area contributed by atoms with E-state index in [0.717, 1.165) is 31.9 Å². The molecule has 0 unspecified atom stereocenters. The zero-order valence-corrected chi connectivity index (χ0v) is 12.4. The molecule has 0 amide bonds. The number of fused-ring (bicyclic) bond motifs is 1. The third kappa shape index (κ3) is 4.53. The fraction of sp³-hybridized carbons (Fsp3) is 0.444. The molecular formula is C18H25NO. The van der Waals surface area contributed by atoms with Crippen LogP contribution >= 0.6 is 0 Å². The first-order valence-corrected chi connectivity index (χ1v) is 7.73. The van der Waals surface area contributed by atoms with Gasteiger partial charge in [-0.2, -0.15) is 0 Å². The monoisotopic (exact) mass is 271 g/mol. The Kier molecular flexibility index (Phi) is 6.39. The van der Waals surface area contributed by atoms with E-state index in [1.54, 1.807) is 0 Å². The van der Waals surface area contributed by atoms with Crippen LogP contribution in [-0.2, 0) is 0 Å². The van der Waals surface area contributed by atoms with Crippen LogP contribution in [0.4, 0.5) is 0 Å². The lowest BCUT2D eigenvalue weighted by Gasteiger charge is -2.09. The van der Waals surface area contributed by atoms with Gasteiger partial charge in [-0.05, 0) is 50.2 Å². The van der Waals surface area contributed by atoms with Crippen molar-refractivity contribution in [2.45, 2.75) is 32.6 Å². The summed E-state index contributed by atoms with van der Waals surface area (Å²) in [4.78, 5) is 0. The Morgan fingerprint density at radius 1 is 0.900 bits per heavy atom. The largest absolute Gasteiger partial charge is 0.493 e. The molecule has 0 spiro atoms. The van der Waals surface area contributed by atoms with Crippen molar-refractivity contribution in [3.8, 4) is 5.75 Å². The molecule has 0 bridgehead atoms. The van der Waals surface area contributed by atoms with E-state index in [-0.39, 0.29) is 0 Å². The number of nitrogens with one attached hydrogen (secondary N) is 1. The fourth-order valence-electron chi connectivity index (χ4n) is 2.33. The molecule has 0 aromatic heterocycles. The second-order valence-electron chi connectivity index (χ2n) is 5.14. The minimum Gasteiger partial charge on any atom is -0.493 e.